The molecule has 0 fully saturated rings. The summed E-state index contributed by atoms with van der Waals surface area (Å²) in [6, 6.07) is 18.2. The maximum absolute atomic E-state index is 11.7. The van der Waals surface area contributed by atoms with Gasteiger partial charge in [0.1, 0.15) is 0 Å². The quantitative estimate of drug-likeness (QED) is 0.303. The predicted octanol–water partition coefficient (Wildman–Crippen LogP) is 4.09. The van der Waals surface area contributed by atoms with Crippen LogP contribution in [0, 0.1) is 6.92 Å². The van der Waals surface area contributed by atoms with Crippen molar-refractivity contribution in [1.29, 1.82) is 0 Å². The minimum Gasteiger partial charge on any atom is -0.356 e. The average Bonchev–Trinajstić information content (AvgIpc) is 2.66. The van der Waals surface area contributed by atoms with Crippen molar-refractivity contribution in [2.75, 3.05) is 18.4 Å². The lowest BCUT2D eigenvalue weighted by atomic mass is 10.1. The van der Waals surface area contributed by atoms with Crippen molar-refractivity contribution in [3.05, 3.63) is 65.7 Å². The van der Waals surface area contributed by atoms with Gasteiger partial charge in [-0.3, -0.25) is 4.79 Å². The highest BCUT2D eigenvalue weighted by atomic mass is 127. The molecule has 2 aromatic rings. The molecule has 0 spiro atoms. The Morgan fingerprint density at radius 1 is 0.963 bits per heavy atom. The number of nitrogens with zero attached hydrogens (tertiary/aromatic N) is 1. The number of aryl methyl sites for hydroxylation is 1. The second-order valence-electron chi connectivity index (χ2n) is 6.17. The zero-order chi connectivity index (χ0) is 18.6. The van der Waals surface area contributed by atoms with Crippen molar-refractivity contribution in [3.63, 3.8) is 0 Å². The van der Waals surface area contributed by atoms with E-state index in [1.165, 1.54) is 5.56 Å². The fourth-order valence-electron chi connectivity index (χ4n) is 2.31. The second kappa shape index (κ2) is 13.1. The molecule has 0 aromatic heterocycles. The highest BCUT2D eigenvalue weighted by Crippen LogP contribution is 2.07. The zero-order valence-corrected chi connectivity index (χ0v) is 18.3. The summed E-state index contributed by atoms with van der Waals surface area (Å²) in [5.74, 6) is 0.719. The molecule has 5 nitrogen and oxygen atoms in total. The van der Waals surface area contributed by atoms with E-state index >= 15 is 0 Å². The summed E-state index contributed by atoms with van der Waals surface area (Å²) in [5.41, 5.74) is 3.33. The molecule has 146 valence electrons. The molecule has 0 aliphatic rings. The number of rotatable bonds is 8. The zero-order valence-electron chi connectivity index (χ0n) is 16.0. The van der Waals surface area contributed by atoms with Gasteiger partial charge in [-0.1, -0.05) is 55.0 Å². The van der Waals surface area contributed by atoms with Crippen LogP contribution in [0.1, 0.15) is 30.9 Å². The molecule has 0 unspecified atom stereocenters. The summed E-state index contributed by atoms with van der Waals surface area (Å²) in [7, 11) is 0. The van der Waals surface area contributed by atoms with Crippen LogP contribution in [0.3, 0.4) is 0 Å². The lowest BCUT2D eigenvalue weighted by Gasteiger charge is -2.13. The van der Waals surface area contributed by atoms with Crippen LogP contribution < -0.4 is 16.0 Å². The first-order chi connectivity index (χ1) is 12.7. The van der Waals surface area contributed by atoms with Crippen molar-refractivity contribution in [3.8, 4) is 0 Å². The molecule has 0 radical (unpaired) electrons. The summed E-state index contributed by atoms with van der Waals surface area (Å²) < 4.78 is 0. The molecule has 0 saturated heterocycles. The van der Waals surface area contributed by atoms with Crippen LogP contribution in [0.2, 0.25) is 0 Å². The molecule has 2 rings (SSSR count). The number of nitrogens with one attached hydrogen (secondary N) is 3. The number of halogens is 1. The van der Waals surface area contributed by atoms with Crippen molar-refractivity contribution in [2.45, 2.75) is 33.2 Å². The fourth-order valence-corrected chi connectivity index (χ4v) is 2.31. The van der Waals surface area contributed by atoms with E-state index in [0.29, 0.717) is 25.5 Å². The van der Waals surface area contributed by atoms with E-state index in [9.17, 15) is 4.79 Å². The van der Waals surface area contributed by atoms with Crippen molar-refractivity contribution >= 4 is 41.5 Å². The molecule has 0 atom stereocenters. The van der Waals surface area contributed by atoms with Crippen molar-refractivity contribution < 1.29 is 4.79 Å². The van der Waals surface area contributed by atoms with Crippen molar-refractivity contribution in [1.82, 2.24) is 10.6 Å². The van der Waals surface area contributed by atoms with Gasteiger partial charge in [0.2, 0.25) is 5.91 Å². The van der Waals surface area contributed by atoms with Crippen LogP contribution in [0.5, 0.6) is 0 Å². The molecule has 0 bridgehead atoms. The SMILES string of the molecule is CCCNC(=O)CCNC(=NCc1ccc(C)cc1)Nc1ccccc1.I. The van der Waals surface area contributed by atoms with Gasteiger partial charge in [-0.05, 0) is 31.0 Å². The smallest absolute Gasteiger partial charge is 0.221 e. The first kappa shape index (κ1) is 23.0. The first-order valence-electron chi connectivity index (χ1n) is 9.10. The Balaban J connectivity index is 0.00000364. The van der Waals surface area contributed by atoms with Crippen molar-refractivity contribution in [2.24, 2.45) is 4.99 Å². The lowest BCUT2D eigenvalue weighted by molar-refractivity contribution is -0.120. The minimum absolute atomic E-state index is 0. The van der Waals surface area contributed by atoms with Gasteiger partial charge in [0.15, 0.2) is 5.96 Å². The second-order valence-corrected chi connectivity index (χ2v) is 6.17. The van der Waals surface area contributed by atoms with Gasteiger partial charge < -0.3 is 16.0 Å². The third-order valence-electron chi connectivity index (χ3n) is 3.79. The third-order valence-corrected chi connectivity index (χ3v) is 3.79. The van der Waals surface area contributed by atoms with Gasteiger partial charge in [0.05, 0.1) is 6.54 Å². The molecule has 27 heavy (non-hydrogen) atoms. The maximum Gasteiger partial charge on any atom is 0.221 e. The van der Waals surface area contributed by atoms with E-state index < -0.39 is 0 Å². The summed E-state index contributed by atoms with van der Waals surface area (Å²) in [4.78, 5) is 16.4. The van der Waals surface area contributed by atoms with E-state index in [0.717, 1.165) is 24.2 Å². The summed E-state index contributed by atoms with van der Waals surface area (Å²) in [6.45, 7) is 5.93. The average molecular weight is 480 g/mol. The van der Waals surface area contributed by atoms with Crippen LogP contribution in [0.25, 0.3) is 0 Å². The van der Waals surface area contributed by atoms with Gasteiger partial charge in [0, 0.05) is 25.2 Å². The Hall–Kier alpha value is -2.09. The number of anilines is 1. The Bertz CT molecular complexity index is 702. The monoisotopic (exact) mass is 480 g/mol. The van der Waals surface area contributed by atoms with Gasteiger partial charge in [-0.25, -0.2) is 4.99 Å². The Morgan fingerprint density at radius 3 is 2.33 bits per heavy atom. The third kappa shape index (κ3) is 9.42. The standard InChI is InChI=1S/C21H28N4O.HI/c1-3-14-22-20(26)13-15-23-21(25-19-7-5-4-6-8-19)24-16-18-11-9-17(2)10-12-18;/h4-12H,3,13-16H2,1-2H3,(H,22,26)(H2,23,24,25);1H. The molecular formula is C21H29IN4O. The molecule has 6 heteroatoms. The lowest BCUT2D eigenvalue weighted by Crippen LogP contribution is -2.35. The summed E-state index contributed by atoms with van der Waals surface area (Å²) >= 11 is 0. The van der Waals surface area contributed by atoms with Gasteiger partial charge in [-0.2, -0.15) is 0 Å². The van der Waals surface area contributed by atoms with Gasteiger partial charge >= 0.3 is 0 Å². The topological polar surface area (TPSA) is 65.5 Å². The van der Waals surface area contributed by atoms with E-state index in [1.54, 1.807) is 0 Å². The van der Waals surface area contributed by atoms with E-state index in [4.69, 9.17) is 0 Å². The molecule has 1 amide bonds. The van der Waals surface area contributed by atoms with Crippen LogP contribution in [-0.2, 0) is 11.3 Å². The van der Waals surface area contributed by atoms with E-state index in [-0.39, 0.29) is 29.9 Å². The fraction of sp³-hybridized carbons (Fsp3) is 0.333. The molecule has 0 heterocycles. The first-order valence-corrected chi connectivity index (χ1v) is 9.10. The number of hydrogen-bond acceptors (Lipinski definition) is 2. The number of carbonyl (C=O) groups excluding carboxylic acids is 1. The van der Waals surface area contributed by atoms with E-state index in [2.05, 4.69) is 52.1 Å². The Labute approximate surface area is 179 Å². The predicted molar refractivity (Wildman–Crippen MR) is 124 cm³/mol. The minimum atomic E-state index is 0. The molecule has 2 aromatic carbocycles. The Morgan fingerprint density at radius 2 is 1.67 bits per heavy atom. The molecule has 0 saturated carbocycles. The number of benzene rings is 2. The molecular weight excluding hydrogens is 451 g/mol. The van der Waals surface area contributed by atoms with Crippen LogP contribution in [-0.4, -0.2) is 25.0 Å². The van der Waals surface area contributed by atoms with Gasteiger partial charge in [0.25, 0.3) is 0 Å². The summed E-state index contributed by atoms with van der Waals surface area (Å²) in [5, 5.41) is 9.40. The van der Waals surface area contributed by atoms with Gasteiger partial charge in [-0.15, -0.1) is 24.0 Å². The number of amides is 1. The molecule has 0 aliphatic carbocycles. The number of para-hydroxylation sites is 1. The summed E-state index contributed by atoms with van der Waals surface area (Å²) in [6.07, 6.45) is 1.36. The number of aliphatic imine (C=N–C) groups is 1. The maximum atomic E-state index is 11.7. The van der Waals surface area contributed by atoms with Crippen LogP contribution in [0.4, 0.5) is 5.69 Å². The molecule has 3 N–H and O–H groups in total. The van der Waals surface area contributed by atoms with E-state index in [1.807, 2.05) is 37.3 Å². The number of carbonyl (C=O) groups is 1. The molecule has 0 aliphatic heterocycles. The largest absolute Gasteiger partial charge is 0.356 e. The highest BCUT2D eigenvalue weighted by molar-refractivity contribution is 14.0. The Kier molecular flexibility index (Phi) is 11.2. The number of hydrogen-bond donors (Lipinski definition) is 3. The highest BCUT2D eigenvalue weighted by Gasteiger charge is 2.03. The van der Waals surface area contributed by atoms with Crippen LogP contribution in [0.15, 0.2) is 59.6 Å². The number of guanidine groups is 1. The normalized spacial score (nSPS) is 10.7. The van der Waals surface area contributed by atoms with Crippen LogP contribution >= 0.6 is 24.0 Å².